The molecular weight excluding hydrogens is 277 g/mol. The molecule has 4 heteroatoms. The van der Waals surface area contributed by atoms with Crippen molar-refractivity contribution in [1.29, 1.82) is 0 Å². The number of hydrogen-bond donors (Lipinski definition) is 1. The number of rotatable bonds is 5. The molecule has 2 unspecified atom stereocenters. The van der Waals surface area contributed by atoms with Gasteiger partial charge in [-0.05, 0) is 37.6 Å². The molecule has 1 nitrogen and oxygen atoms in total. The van der Waals surface area contributed by atoms with Gasteiger partial charge in [0.15, 0.2) is 0 Å². The Morgan fingerprint density at radius 1 is 1.26 bits per heavy atom. The summed E-state index contributed by atoms with van der Waals surface area (Å²) >= 11 is 3.27. The van der Waals surface area contributed by atoms with E-state index in [4.69, 9.17) is 5.73 Å². The Morgan fingerprint density at radius 2 is 2.00 bits per heavy atom. The molecule has 0 saturated carbocycles. The Morgan fingerprint density at radius 3 is 2.58 bits per heavy atom. The summed E-state index contributed by atoms with van der Waals surface area (Å²) < 4.78 is 13.8. The van der Waals surface area contributed by atoms with Crippen molar-refractivity contribution in [2.24, 2.45) is 5.73 Å². The molecule has 1 heterocycles. The Hall–Kier alpha value is -0.840. The van der Waals surface area contributed by atoms with Crippen molar-refractivity contribution in [2.45, 2.75) is 36.5 Å². The molecule has 0 fully saturated rings. The lowest BCUT2D eigenvalue weighted by atomic mass is 10.1. The third kappa shape index (κ3) is 3.59. The van der Waals surface area contributed by atoms with Gasteiger partial charge in [-0.1, -0.05) is 19.1 Å². The zero-order chi connectivity index (χ0) is 13.8. The van der Waals surface area contributed by atoms with E-state index in [9.17, 15) is 4.39 Å². The van der Waals surface area contributed by atoms with Gasteiger partial charge in [0.1, 0.15) is 5.82 Å². The first-order valence-electron chi connectivity index (χ1n) is 6.35. The fraction of sp³-hybridized carbons (Fsp3) is 0.333. The number of aryl methyl sites for hydroxylation is 1. The summed E-state index contributed by atoms with van der Waals surface area (Å²) in [5.74, 6) is -0.172. The lowest BCUT2D eigenvalue weighted by Crippen LogP contribution is -2.25. The Labute approximate surface area is 122 Å². The molecule has 1 aromatic heterocycles. The number of thiophene rings is 1. The second kappa shape index (κ2) is 6.55. The van der Waals surface area contributed by atoms with E-state index in [1.807, 2.05) is 12.1 Å². The minimum Gasteiger partial charge on any atom is -0.326 e. The van der Waals surface area contributed by atoms with Crippen LogP contribution in [0.1, 0.15) is 28.3 Å². The van der Waals surface area contributed by atoms with Crippen LogP contribution in [0.3, 0.4) is 0 Å². The normalized spacial score (nSPS) is 14.3. The molecule has 102 valence electrons. The summed E-state index contributed by atoms with van der Waals surface area (Å²) in [5, 5.41) is 0.112. The average Bonchev–Trinajstić information content (AvgIpc) is 2.83. The van der Waals surface area contributed by atoms with Crippen LogP contribution in [0, 0.1) is 12.7 Å². The second-order valence-corrected chi connectivity index (χ2v) is 6.99. The largest absolute Gasteiger partial charge is 0.326 e. The molecule has 2 rings (SSSR count). The van der Waals surface area contributed by atoms with E-state index in [0.29, 0.717) is 4.90 Å². The first-order valence-corrected chi connectivity index (χ1v) is 8.04. The first kappa shape index (κ1) is 14.6. The van der Waals surface area contributed by atoms with Crippen LogP contribution >= 0.6 is 23.1 Å². The van der Waals surface area contributed by atoms with Crippen LogP contribution in [0.5, 0.6) is 0 Å². The van der Waals surface area contributed by atoms with Crippen LogP contribution in [0.25, 0.3) is 0 Å². The van der Waals surface area contributed by atoms with Gasteiger partial charge >= 0.3 is 0 Å². The monoisotopic (exact) mass is 295 g/mol. The molecule has 0 amide bonds. The van der Waals surface area contributed by atoms with E-state index >= 15 is 0 Å². The van der Waals surface area contributed by atoms with Crippen LogP contribution in [-0.2, 0) is 0 Å². The molecule has 0 spiro atoms. The van der Waals surface area contributed by atoms with Crippen molar-refractivity contribution in [3.05, 3.63) is 52.0 Å². The number of halogens is 1. The van der Waals surface area contributed by atoms with Gasteiger partial charge in [-0.3, -0.25) is 0 Å². The zero-order valence-corrected chi connectivity index (χ0v) is 12.7. The van der Waals surface area contributed by atoms with Crippen molar-refractivity contribution in [3.8, 4) is 0 Å². The molecule has 2 aromatic rings. The third-order valence-corrected chi connectivity index (χ3v) is 5.67. The molecule has 19 heavy (non-hydrogen) atoms. The topological polar surface area (TPSA) is 26.0 Å². The lowest BCUT2D eigenvalue weighted by molar-refractivity contribution is 0.598. The van der Waals surface area contributed by atoms with Crippen LogP contribution < -0.4 is 5.73 Å². The van der Waals surface area contributed by atoms with Crippen LogP contribution in [0.15, 0.2) is 41.3 Å². The van der Waals surface area contributed by atoms with Gasteiger partial charge in [0.2, 0.25) is 0 Å². The van der Waals surface area contributed by atoms with E-state index in [1.54, 1.807) is 17.4 Å². The van der Waals surface area contributed by atoms with Gasteiger partial charge in [0, 0.05) is 20.7 Å². The summed E-state index contributed by atoms with van der Waals surface area (Å²) in [4.78, 5) is 3.15. The van der Waals surface area contributed by atoms with Gasteiger partial charge in [-0.15, -0.1) is 23.1 Å². The van der Waals surface area contributed by atoms with E-state index in [1.165, 1.54) is 27.6 Å². The number of thioether (sulfide) groups is 1. The highest BCUT2D eigenvalue weighted by Crippen LogP contribution is 2.41. The summed E-state index contributed by atoms with van der Waals surface area (Å²) in [6, 6.07) is 11.1. The fourth-order valence-electron chi connectivity index (χ4n) is 1.85. The molecule has 1 aromatic carbocycles. The molecule has 2 atom stereocenters. The summed E-state index contributed by atoms with van der Waals surface area (Å²) in [7, 11) is 0. The van der Waals surface area contributed by atoms with Crippen LogP contribution in [0.2, 0.25) is 0 Å². The van der Waals surface area contributed by atoms with Gasteiger partial charge < -0.3 is 5.73 Å². The standard InChI is InChI=1S/C15H18FNS2/c1-3-12(17)15(14-9-8-10(2)18-14)19-13-7-5-4-6-11(13)16/h4-9,12,15H,3,17H2,1-2H3. The van der Waals surface area contributed by atoms with Crippen molar-refractivity contribution in [1.82, 2.24) is 0 Å². The molecule has 0 aliphatic rings. The molecule has 2 N–H and O–H groups in total. The molecule has 0 radical (unpaired) electrons. The molecule has 0 aliphatic carbocycles. The molecular formula is C15H18FNS2. The molecule has 0 aliphatic heterocycles. The van der Waals surface area contributed by atoms with Gasteiger partial charge in [0.05, 0.1) is 5.25 Å². The quantitative estimate of drug-likeness (QED) is 0.804. The third-order valence-electron chi connectivity index (χ3n) is 2.99. The van der Waals surface area contributed by atoms with Crippen molar-refractivity contribution < 1.29 is 4.39 Å². The first-order chi connectivity index (χ1) is 9.11. The number of hydrogen-bond acceptors (Lipinski definition) is 3. The highest BCUT2D eigenvalue weighted by atomic mass is 32.2. The van der Waals surface area contributed by atoms with E-state index in [-0.39, 0.29) is 17.1 Å². The maximum absolute atomic E-state index is 13.8. The molecule has 0 bridgehead atoms. The lowest BCUT2D eigenvalue weighted by Gasteiger charge is -2.21. The van der Waals surface area contributed by atoms with Gasteiger partial charge in [0.25, 0.3) is 0 Å². The SMILES string of the molecule is CCC(N)C(Sc1ccccc1F)c1ccc(C)s1. The Balaban J connectivity index is 2.27. The fourth-order valence-corrected chi connectivity index (χ4v) is 4.25. The Kier molecular flexibility index (Phi) is 5.02. The van der Waals surface area contributed by atoms with Crippen molar-refractivity contribution in [3.63, 3.8) is 0 Å². The number of nitrogens with two attached hydrogens (primary N) is 1. The highest BCUT2D eigenvalue weighted by molar-refractivity contribution is 7.99. The maximum Gasteiger partial charge on any atom is 0.136 e. The van der Waals surface area contributed by atoms with E-state index in [2.05, 4.69) is 26.0 Å². The minimum atomic E-state index is -0.172. The number of benzene rings is 1. The zero-order valence-electron chi connectivity index (χ0n) is 11.1. The van der Waals surface area contributed by atoms with E-state index < -0.39 is 0 Å². The van der Waals surface area contributed by atoms with Crippen LogP contribution in [-0.4, -0.2) is 6.04 Å². The highest BCUT2D eigenvalue weighted by Gasteiger charge is 2.22. The Bertz CT molecular complexity index is 538. The van der Waals surface area contributed by atoms with Crippen molar-refractivity contribution >= 4 is 23.1 Å². The average molecular weight is 295 g/mol. The summed E-state index contributed by atoms with van der Waals surface area (Å²) in [6.45, 7) is 4.15. The van der Waals surface area contributed by atoms with Gasteiger partial charge in [-0.2, -0.15) is 0 Å². The maximum atomic E-state index is 13.8. The molecule has 0 saturated heterocycles. The predicted octanol–water partition coefficient (Wildman–Crippen LogP) is 4.77. The smallest absolute Gasteiger partial charge is 0.136 e. The predicted molar refractivity (Wildman–Crippen MR) is 82.3 cm³/mol. The van der Waals surface area contributed by atoms with Gasteiger partial charge in [-0.25, -0.2) is 4.39 Å². The second-order valence-electron chi connectivity index (χ2n) is 4.49. The minimum absolute atomic E-state index is 0.0302. The van der Waals surface area contributed by atoms with Crippen LogP contribution in [0.4, 0.5) is 4.39 Å². The summed E-state index contributed by atoms with van der Waals surface area (Å²) in [5.41, 5.74) is 6.22. The summed E-state index contributed by atoms with van der Waals surface area (Å²) in [6.07, 6.45) is 0.878. The van der Waals surface area contributed by atoms with Crippen molar-refractivity contribution in [2.75, 3.05) is 0 Å². The van der Waals surface area contributed by atoms with E-state index in [0.717, 1.165) is 6.42 Å².